The van der Waals surface area contributed by atoms with Gasteiger partial charge < -0.3 is 9.47 Å². The molecule has 5 rings (SSSR count). The molecule has 1 atom stereocenters. The summed E-state index contributed by atoms with van der Waals surface area (Å²) in [7, 11) is 1.61. The van der Waals surface area contributed by atoms with Crippen molar-refractivity contribution in [3.63, 3.8) is 0 Å². The zero-order chi connectivity index (χ0) is 25.2. The Morgan fingerprint density at radius 1 is 1.17 bits per heavy atom. The zero-order valence-electron chi connectivity index (χ0n) is 19.4. The van der Waals surface area contributed by atoms with Gasteiger partial charge in [-0.15, -0.1) is 11.3 Å². The Morgan fingerprint density at radius 2 is 1.97 bits per heavy atom. The van der Waals surface area contributed by atoms with E-state index in [1.54, 1.807) is 18.6 Å². The van der Waals surface area contributed by atoms with Crippen LogP contribution in [0.1, 0.15) is 29.0 Å². The number of nitrogens with zero attached hydrogens (tertiary/aromatic N) is 2. The highest BCUT2D eigenvalue weighted by Crippen LogP contribution is 2.36. The number of methoxy groups -OCH3 is 1. The molecule has 2 aromatic heterocycles. The third-order valence-corrected chi connectivity index (χ3v) is 8.19. The number of aromatic nitrogens is 1. The van der Waals surface area contributed by atoms with Crippen molar-refractivity contribution >= 4 is 56.3 Å². The third-order valence-electron chi connectivity index (χ3n) is 5.66. The minimum absolute atomic E-state index is 0.210. The Bertz CT molecular complexity index is 1640. The molecule has 3 heterocycles. The average Bonchev–Trinajstić information content (AvgIpc) is 3.52. The second kappa shape index (κ2) is 10.4. The van der Waals surface area contributed by atoms with Gasteiger partial charge in [0.25, 0.3) is 5.56 Å². The highest BCUT2D eigenvalue weighted by molar-refractivity contribution is 9.10. The lowest BCUT2D eigenvalue weighted by molar-refractivity contribution is -0.138. The average molecular weight is 582 g/mol. The van der Waals surface area contributed by atoms with Crippen LogP contribution < -0.4 is 19.6 Å². The van der Waals surface area contributed by atoms with Gasteiger partial charge in [-0.25, -0.2) is 9.79 Å². The van der Waals surface area contributed by atoms with E-state index < -0.39 is 12.0 Å². The molecule has 0 spiro atoms. The molecule has 0 bridgehead atoms. The number of thiophene rings is 1. The number of esters is 1. The van der Waals surface area contributed by atoms with Crippen LogP contribution >= 0.6 is 38.6 Å². The number of thiazole rings is 1. The van der Waals surface area contributed by atoms with E-state index in [9.17, 15) is 9.59 Å². The molecule has 36 heavy (non-hydrogen) atoms. The second-order valence-corrected chi connectivity index (χ2v) is 10.7. The molecule has 4 aromatic rings. The standard InChI is InChI=1S/C27H21BrN2O4S2/c1-3-34-26(32)22-23(17-8-5-4-6-9-17)29-27-30(24(22)20-10-7-13-35-20)25(31)21(36-27)15-16-11-12-19(33-2)18(28)14-16/h4-15,24H,3H2,1-2H3/b21-15-. The summed E-state index contributed by atoms with van der Waals surface area (Å²) in [6, 6.07) is 18.4. The Morgan fingerprint density at radius 3 is 2.64 bits per heavy atom. The van der Waals surface area contributed by atoms with Crippen molar-refractivity contribution in [2.24, 2.45) is 4.99 Å². The molecule has 0 N–H and O–H groups in total. The van der Waals surface area contributed by atoms with Crippen molar-refractivity contribution in [2.75, 3.05) is 13.7 Å². The summed E-state index contributed by atoms with van der Waals surface area (Å²) in [5, 5.41) is 1.94. The molecule has 0 fully saturated rings. The van der Waals surface area contributed by atoms with Gasteiger partial charge in [0, 0.05) is 10.4 Å². The van der Waals surface area contributed by atoms with Crippen molar-refractivity contribution in [3.05, 3.63) is 112 Å². The number of halogens is 1. The Kier molecular flexibility index (Phi) is 7.04. The van der Waals surface area contributed by atoms with E-state index in [0.29, 0.717) is 26.4 Å². The Labute approximate surface area is 223 Å². The van der Waals surface area contributed by atoms with Gasteiger partial charge in [-0.05, 0) is 58.1 Å². The molecule has 1 aliphatic heterocycles. The maximum atomic E-state index is 13.8. The molecule has 0 aliphatic carbocycles. The van der Waals surface area contributed by atoms with Crippen LogP contribution in [-0.4, -0.2) is 24.3 Å². The van der Waals surface area contributed by atoms with E-state index in [1.165, 1.54) is 22.7 Å². The van der Waals surface area contributed by atoms with Crippen molar-refractivity contribution in [1.82, 2.24) is 4.57 Å². The number of fused-ring (bicyclic) bond motifs is 1. The fourth-order valence-electron chi connectivity index (χ4n) is 4.08. The zero-order valence-corrected chi connectivity index (χ0v) is 22.7. The minimum atomic E-state index is -0.639. The Hall–Kier alpha value is -3.27. The molecule has 0 saturated carbocycles. The summed E-state index contributed by atoms with van der Waals surface area (Å²) >= 11 is 6.29. The number of benzene rings is 2. The molecule has 0 amide bonds. The molecule has 1 aliphatic rings. The van der Waals surface area contributed by atoms with Gasteiger partial charge in [-0.2, -0.15) is 0 Å². The maximum Gasteiger partial charge on any atom is 0.338 e. The van der Waals surface area contributed by atoms with Gasteiger partial charge in [0.05, 0.1) is 34.0 Å². The molecule has 6 nitrogen and oxygen atoms in total. The summed E-state index contributed by atoms with van der Waals surface area (Å²) in [6.07, 6.45) is 1.83. The lowest BCUT2D eigenvalue weighted by Crippen LogP contribution is -2.39. The van der Waals surface area contributed by atoms with E-state index >= 15 is 0 Å². The van der Waals surface area contributed by atoms with Crippen LogP contribution in [0.25, 0.3) is 11.8 Å². The first-order valence-corrected chi connectivity index (χ1v) is 13.7. The maximum absolute atomic E-state index is 13.8. The number of hydrogen-bond acceptors (Lipinski definition) is 7. The number of carbonyl (C=O) groups excluding carboxylic acids is 1. The predicted molar refractivity (Wildman–Crippen MR) is 146 cm³/mol. The largest absolute Gasteiger partial charge is 0.496 e. The lowest BCUT2D eigenvalue weighted by atomic mass is 9.97. The number of hydrogen-bond donors (Lipinski definition) is 0. The second-order valence-electron chi connectivity index (χ2n) is 7.84. The summed E-state index contributed by atoms with van der Waals surface area (Å²) in [5.74, 6) is 0.227. The van der Waals surface area contributed by atoms with E-state index in [-0.39, 0.29) is 12.2 Å². The van der Waals surface area contributed by atoms with E-state index in [2.05, 4.69) is 15.9 Å². The van der Waals surface area contributed by atoms with Crippen molar-refractivity contribution in [2.45, 2.75) is 13.0 Å². The molecule has 182 valence electrons. The van der Waals surface area contributed by atoms with Crippen LogP contribution in [0.2, 0.25) is 0 Å². The van der Waals surface area contributed by atoms with Crippen LogP contribution in [0.15, 0.2) is 85.9 Å². The first-order valence-electron chi connectivity index (χ1n) is 11.2. The summed E-state index contributed by atoms with van der Waals surface area (Å²) in [4.78, 5) is 33.3. The van der Waals surface area contributed by atoms with Crippen LogP contribution in [0.4, 0.5) is 0 Å². The molecule has 1 unspecified atom stereocenters. The van der Waals surface area contributed by atoms with E-state index in [0.717, 1.165) is 20.5 Å². The van der Waals surface area contributed by atoms with E-state index in [1.807, 2.05) is 72.1 Å². The summed E-state index contributed by atoms with van der Waals surface area (Å²) in [5.41, 5.74) is 2.30. The molecule has 0 saturated heterocycles. The fraction of sp³-hybridized carbons (Fsp3) is 0.148. The Balaban J connectivity index is 1.78. The number of carbonyl (C=O) groups is 1. The molecular formula is C27H21BrN2O4S2. The van der Waals surface area contributed by atoms with Crippen molar-refractivity contribution in [1.29, 1.82) is 0 Å². The normalized spacial score (nSPS) is 15.4. The summed E-state index contributed by atoms with van der Waals surface area (Å²) in [6.45, 7) is 1.99. The molecular weight excluding hydrogens is 560 g/mol. The summed E-state index contributed by atoms with van der Waals surface area (Å²) < 4.78 is 13.7. The smallest absolute Gasteiger partial charge is 0.338 e. The number of rotatable bonds is 6. The SMILES string of the molecule is CCOC(=O)C1=C(c2ccccc2)N=c2s/c(=C\c3ccc(OC)c(Br)c3)c(=O)n2C1c1cccs1. The van der Waals surface area contributed by atoms with Crippen LogP contribution in [0.3, 0.4) is 0 Å². The van der Waals surface area contributed by atoms with Crippen molar-refractivity contribution < 1.29 is 14.3 Å². The van der Waals surface area contributed by atoms with Gasteiger partial charge in [0.2, 0.25) is 0 Å². The highest BCUT2D eigenvalue weighted by Gasteiger charge is 2.35. The molecule has 0 radical (unpaired) electrons. The van der Waals surface area contributed by atoms with Gasteiger partial charge >= 0.3 is 5.97 Å². The predicted octanol–water partition coefficient (Wildman–Crippen LogP) is 4.77. The number of ether oxygens (including phenoxy) is 2. The first kappa shape index (κ1) is 24.4. The van der Waals surface area contributed by atoms with Crippen LogP contribution in [0.5, 0.6) is 5.75 Å². The highest BCUT2D eigenvalue weighted by atomic mass is 79.9. The molecule has 9 heteroatoms. The van der Waals surface area contributed by atoms with Gasteiger partial charge in [0.15, 0.2) is 4.80 Å². The van der Waals surface area contributed by atoms with Crippen molar-refractivity contribution in [3.8, 4) is 5.75 Å². The quantitative estimate of drug-likeness (QED) is 0.308. The first-order chi connectivity index (χ1) is 17.5. The third kappa shape index (κ3) is 4.50. The van der Waals surface area contributed by atoms with Gasteiger partial charge in [0.1, 0.15) is 11.8 Å². The molecule has 2 aromatic carbocycles. The fourth-order valence-corrected chi connectivity index (χ4v) is 6.46. The van der Waals surface area contributed by atoms with E-state index in [4.69, 9.17) is 14.5 Å². The topological polar surface area (TPSA) is 69.9 Å². The van der Waals surface area contributed by atoms with Gasteiger partial charge in [-0.1, -0.05) is 53.8 Å². The van der Waals surface area contributed by atoms with Gasteiger partial charge in [-0.3, -0.25) is 9.36 Å². The minimum Gasteiger partial charge on any atom is -0.496 e. The lowest BCUT2D eigenvalue weighted by Gasteiger charge is -2.24. The van der Waals surface area contributed by atoms with Crippen LogP contribution in [-0.2, 0) is 9.53 Å². The van der Waals surface area contributed by atoms with Crippen LogP contribution in [0, 0.1) is 0 Å². The monoisotopic (exact) mass is 580 g/mol.